The molecule has 1 aromatic rings. The van der Waals surface area contributed by atoms with E-state index in [1.165, 1.54) is 0 Å². The van der Waals surface area contributed by atoms with Crippen LogP contribution < -0.4 is 5.32 Å². The lowest BCUT2D eigenvalue weighted by Crippen LogP contribution is -2.35. The van der Waals surface area contributed by atoms with Crippen molar-refractivity contribution in [2.75, 3.05) is 0 Å². The summed E-state index contributed by atoms with van der Waals surface area (Å²) in [5.74, 6) is -0.792. The van der Waals surface area contributed by atoms with Crippen LogP contribution in [0.5, 0.6) is 0 Å². The summed E-state index contributed by atoms with van der Waals surface area (Å²) >= 11 is 5.01. The van der Waals surface area contributed by atoms with Crippen LogP contribution in [0, 0.1) is 0 Å². The fourth-order valence-electron chi connectivity index (χ4n) is 1.07. The van der Waals surface area contributed by atoms with Crippen LogP contribution in [0.3, 0.4) is 0 Å². The van der Waals surface area contributed by atoms with Crippen LogP contribution in [-0.2, 0) is 11.3 Å². The van der Waals surface area contributed by atoms with Gasteiger partial charge in [0.15, 0.2) is 0 Å². The van der Waals surface area contributed by atoms with Gasteiger partial charge in [0.2, 0.25) is 0 Å². The Morgan fingerprint density at radius 3 is 2.93 bits per heavy atom. The van der Waals surface area contributed by atoms with E-state index in [9.17, 15) is 4.79 Å². The fraction of sp³-hybridized carbons (Fsp3) is 0.444. The molecular formula is C9H12BrNO2S. The summed E-state index contributed by atoms with van der Waals surface area (Å²) in [5, 5.41) is 13.8. The molecule has 5 heteroatoms. The van der Waals surface area contributed by atoms with Crippen molar-refractivity contribution < 1.29 is 9.90 Å². The minimum Gasteiger partial charge on any atom is -0.480 e. The minimum absolute atomic E-state index is 0.455. The van der Waals surface area contributed by atoms with E-state index >= 15 is 0 Å². The first-order chi connectivity index (χ1) is 6.65. The summed E-state index contributed by atoms with van der Waals surface area (Å²) in [6, 6.07) is 1.51. The maximum Gasteiger partial charge on any atom is 0.320 e. The molecule has 0 bridgehead atoms. The van der Waals surface area contributed by atoms with Gasteiger partial charge in [0, 0.05) is 15.9 Å². The van der Waals surface area contributed by atoms with E-state index in [2.05, 4.69) is 21.2 Å². The smallest absolute Gasteiger partial charge is 0.320 e. The number of carboxylic acid groups (broad SMARTS) is 1. The Bertz CT molecular complexity index is 314. The second kappa shape index (κ2) is 5.48. The van der Waals surface area contributed by atoms with Crippen molar-refractivity contribution in [3.05, 3.63) is 20.8 Å². The first-order valence-corrected chi connectivity index (χ1v) is 6.00. The van der Waals surface area contributed by atoms with E-state index in [4.69, 9.17) is 5.11 Å². The second-order valence-electron chi connectivity index (χ2n) is 2.87. The zero-order chi connectivity index (χ0) is 10.6. The van der Waals surface area contributed by atoms with Crippen molar-refractivity contribution >= 4 is 33.2 Å². The molecule has 0 amide bonds. The van der Waals surface area contributed by atoms with Gasteiger partial charge in [-0.25, -0.2) is 0 Å². The molecule has 0 saturated carbocycles. The molecule has 0 aliphatic rings. The first kappa shape index (κ1) is 11.7. The number of rotatable bonds is 5. The normalized spacial score (nSPS) is 12.7. The highest BCUT2D eigenvalue weighted by Crippen LogP contribution is 2.22. The van der Waals surface area contributed by atoms with Gasteiger partial charge >= 0.3 is 5.97 Å². The molecule has 14 heavy (non-hydrogen) atoms. The standard InChI is InChI=1S/C9H12BrNO2S/c1-2-7(9(12)13)11-5-8-6(10)3-4-14-8/h3-4,7,11H,2,5H2,1H3,(H,12,13). The van der Waals surface area contributed by atoms with Crippen LogP contribution in [0.1, 0.15) is 18.2 Å². The molecule has 1 heterocycles. The molecule has 1 aromatic heterocycles. The van der Waals surface area contributed by atoms with Crippen LogP contribution in [0.25, 0.3) is 0 Å². The molecule has 3 nitrogen and oxygen atoms in total. The fourth-order valence-corrected chi connectivity index (χ4v) is 2.52. The molecule has 78 valence electrons. The molecule has 1 rings (SSSR count). The number of thiophene rings is 1. The maximum atomic E-state index is 10.7. The number of carbonyl (C=O) groups is 1. The van der Waals surface area contributed by atoms with Gasteiger partial charge in [-0.05, 0) is 33.8 Å². The van der Waals surface area contributed by atoms with E-state index in [-0.39, 0.29) is 0 Å². The number of carboxylic acids is 1. The van der Waals surface area contributed by atoms with Crippen molar-refractivity contribution in [3.8, 4) is 0 Å². The molecule has 2 N–H and O–H groups in total. The lowest BCUT2D eigenvalue weighted by Gasteiger charge is -2.11. The van der Waals surface area contributed by atoms with Gasteiger partial charge in [-0.15, -0.1) is 11.3 Å². The number of halogens is 1. The van der Waals surface area contributed by atoms with Crippen molar-refractivity contribution in [2.45, 2.75) is 25.9 Å². The molecule has 0 fully saturated rings. The number of aliphatic carboxylic acids is 1. The third-order valence-corrected chi connectivity index (χ3v) is 3.83. The summed E-state index contributed by atoms with van der Waals surface area (Å²) in [4.78, 5) is 11.8. The monoisotopic (exact) mass is 277 g/mol. The second-order valence-corrected chi connectivity index (χ2v) is 4.73. The summed E-state index contributed by atoms with van der Waals surface area (Å²) in [6.07, 6.45) is 0.596. The Labute approximate surface area is 95.3 Å². The number of hydrogen-bond donors (Lipinski definition) is 2. The lowest BCUT2D eigenvalue weighted by molar-refractivity contribution is -0.139. The molecule has 0 spiro atoms. The van der Waals surface area contributed by atoms with Gasteiger partial charge in [0.25, 0.3) is 0 Å². The molecule has 0 radical (unpaired) electrons. The summed E-state index contributed by atoms with van der Waals surface area (Å²) in [5.41, 5.74) is 0. The van der Waals surface area contributed by atoms with E-state index in [1.54, 1.807) is 11.3 Å². The van der Waals surface area contributed by atoms with Crippen LogP contribution >= 0.6 is 27.3 Å². The molecule has 0 saturated heterocycles. The van der Waals surface area contributed by atoms with Crippen molar-refractivity contribution in [1.82, 2.24) is 5.32 Å². The zero-order valence-electron chi connectivity index (χ0n) is 7.79. The van der Waals surface area contributed by atoms with Crippen molar-refractivity contribution in [3.63, 3.8) is 0 Å². The Morgan fingerprint density at radius 2 is 2.50 bits per heavy atom. The van der Waals surface area contributed by atoms with Gasteiger partial charge < -0.3 is 5.11 Å². The van der Waals surface area contributed by atoms with Crippen LogP contribution in [0.4, 0.5) is 0 Å². The van der Waals surface area contributed by atoms with E-state index in [1.807, 2.05) is 18.4 Å². The van der Waals surface area contributed by atoms with Crippen molar-refractivity contribution in [2.24, 2.45) is 0 Å². The van der Waals surface area contributed by atoms with E-state index in [0.29, 0.717) is 13.0 Å². The Hall–Kier alpha value is -0.390. The van der Waals surface area contributed by atoms with E-state index < -0.39 is 12.0 Å². The average Bonchev–Trinajstić information content (AvgIpc) is 2.52. The summed E-state index contributed by atoms with van der Waals surface area (Å²) < 4.78 is 1.04. The van der Waals surface area contributed by atoms with Gasteiger partial charge in [-0.3, -0.25) is 10.1 Å². The van der Waals surface area contributed by atoms with Gasteiger partial charge in [-0.1, -0.05) is 6.92 Å². The molecule has 0 aromatic carbocycles. The van der Waals surface area contributed by atoms with Gasteiger partial charge in [0.05, 0.1) is 0 Å². The van der Waals surface area contributed by atoms with Crippen molar-refractivity contribution in [1.29, 1.82) is 0 Å². The minimum atomic E-state index is -0.792. The van der Waals surface area contributed by atoms with Crippen LogP contribution in [0.2, 0.25) is 0 Å². The molecule has 1 unspecified atom stereocenters. The summed E-state index contributed by atoms with van der Waals surface area (Å²) in [6.45, 7) is 2.46. The van der Waals surface area contributed by atoms with Gasteiger partial charge in [-0.2, -0.15) is 0 Å². The quantitative estimate of drug-likeness (QED) is 0.869. The summed E-state index contributed by atoms with van der Waals surface area (Å²) in [7, 11) is 0. The maximum absolute atomic E-state index is 10.7. The number of hydrogen-bond acceptors (Lipinski definition) is 3. The first-order valence-electron chi connectivity index (χ1n) is 4.33. The predicted molar refractivity (Wildman–Crippen MR) is 60.6 cm³/mol. The lowest BCUT2D eigenvalue weighted by atomic mass is 10.2. The highest BCUT2D eigenvalue weighted by molar-refractivity contribution is 9.10. The Kier molecular flexibility index (Phi) is 4.57. The zero-order valence-corrected chi connectivity index (χ0v) is 10.2. The van der Waals surface area contributed by atoms with Gasteiger partial charge in [0.1, 0.15) is 6.04 Å². The third kappa shape index (κ3) is 3.08. The SMILES string of the molecule is CCC(NCc1sccc1Br)C(=O)O. The topological polar surface area (TPSA) is 49.3 Å². The Morgan fingerprint density at radius 1 is 1.79 bits per heavy atom. The predicted octanol–water partition coefficient (Wildman–Crippen LogP) is 2.46. The average molecular weight is 278 g/mol. The molecule has 0 aliphatic heterocycles. The highest BCUT2D eigenvalue weighted by Gasteiger charge is 2.14. The highest BCUT2D eigenvalue weighted by atomic mass is 79.9. The largest absolute Gasteiger partial charge is 0.480 e. The molecular weight excluding hydrogens is 266 g/mol. The number of nitrogens with one attached hydrogen (secondary N) is 1. The van der Waals surface area contributed by atoms with Crippen LogP contribution in [-0.4, -0.2) is 17.1 Å². The molecule has 0 aliphatic carbocycles. The van der Waals surface area contributed by atoms with Crippen LogP contribution in [0.15, 0.2) is 15.9 Å². The third-order valence-electron chi connectivity index (χ3n) is 1.91. The Balaban J connectivity index is 2.47. The van der Waals surface area contributed by atoms with E-state index in [0.717, 1.165) is 9.35 Å². The molecule has 1 atom stereocenters.